The minimum atomic E-state index is -0.0713. The zero-order valence-electron chi connectivity index (χ0n) is 6.59. The van der Waals surface area contributed by atoms with E-state index < -0.39 is 0 Å². The molecule has 0 unspecified atom stereocenters. The van der Waals surface area contributed by atoms with Crippen molar-refractivity contribution in [3.05, 3.63) is 12.7 Å². The topological polar surface area (TPSA) is 20.2 Å². The van der Waals surface area contributed by atoms with Crippen LogP contribution in [0.15, 0.2) is 12.7 Å². The van der Waals surface area contributed by atoms with Crippen molar-refractivity contribution in [2.45, 2.75) is 32.3 Å². The normalized spacial score (nSPS) is 23.8. The number of allylic oxidation sites excluding steroid dienone is 1. The second kappa shape index (κ2) is 3.20. The fraction of sp³-hybridized carbons (Fsp3) is 0.778. The fourth-order valence-electron chi connectivity index (χ4n) is 1.30. The molecule has 1 saturated carbocycles. The van der Waals surface area contributed by atoms with E-state index in [0.717, 1.165) is 6.42 Å². The summed E-state index contributed by atoms with van der Waals surface area (Å²) in [6.45, 7) is 5.74. The molecule has 10 heavy (non-hydrogen) atoms. The summed E-state index contributed by atoms with van der Waals surface area (Å²) in [4.78, 5) is 0. The van der Waals surface area contributed by atoms with Gasteiger partial charge in [-0.1, -0.05) is 13.0 Å². The SMILES string of the molecule is C=CC[C@H](C)[C@@H](O)C1CC1. The summed E-state index contributed by atoms with van der Waals surface area (Å²) in [7, 11) is 0. The van der Waals surface area contributed by atoms with E-state index in [1.165, 1.54) is 12.8 Å². The van der Waals surface area contributed by atoms with Crippen LogP contribution >= 0.6 is 0 Å². The fourth-order valence-corrected chi connectivity index (χ4v) is 1.30. The lowest BCUT2D eigenvalue weighted by atomic mass is 9.97. The average Bonchev–Trinajstić information content (AvgIpc) is 2.68. The summed E-state index contributed by atoms with van der Waals surface area (Å²) in [6, 6.07) is 0. The van der Waals surface area contributed by atoms with Crippen molar-refractivity contribution >= 4 is 0 Å². The third-order valence-electron chi connectivity index (χ3n) is 2.23. The van der Waals surface area contributed by atoms with E-state index in [1.54, 1.807) is 0 Å². The van der Waals surface area contributed by atoms with Crippen LogP contribution < -0.4 is 0 Å². The van der Waals surface area contributed by atoms with Gasteiger partial charge in [0.15, 0.2) is 0 Å². The molecule has 1 N–H and O–H groups in total. The van der Waals surface area contributed by atoms with E-state index in [9.17, 15) is 5.11 Å². The molecule has 1 aliphatic carbocycles. The lowest BCUT2D eigenvalue weighted by molar-refractivity contribution is 0.0962. The van der Waals surface area contributed by atoms with Gasteiger partial charge in [-0.3, -0.25) is 0 Å². The second-order valence-corrected chi connectivity index (χ2v) is 3.33. The number of hydrogen-bond donors (Lipinski definition) is 1. The van der Waals surface area contributed by atoms with Gasteiger partial charge in [0, 0.05) is 0 Å². The first kappa shape index (κ1) is 7.80. The lowest BCUT2D eigenvalue weighted by Gasteiger charge is -2.15. The Bertz CT molecular complexity index is 116. The Morgan fingerprint density at radius 1 is 1.70 bits per heavy atom. The predicted octanol–water partition coefficient (Wildman–Crippen LogP) is 1.97. The van der Waals surface area contributed by atoms with Crippen LogP contribution in [0.3, 0.4) is 0 Å². The Balaban J connectivity index is 2.23. The summed E-state index contributed by atoms with van der Waals surface area (Å²) < 4.78 is 0. The lowest BCUT2D eigenvalue weighted by Crippen LogP contribution is -2.18. The van der Waals surface area contributed by atoms with Gasteiger partial charge in [-0.15, -0.1) is 6.58 Å². The zero-order valence-corrected chi connectivity index (χ0v) is 6.59. The third-order valence-corrected chi connectivity index (χ3v) is 2.23. The Morgan fingerprint density at radius 3 is 2.70 bits per heavy atom. The molecule has 1 aliphatic rings. The molecule has 1 fully saturated rings. The number of aliphatic hydroxyl groups is 1. The van der Waals surface area contributed by atoms with E-state index >= 15 is 0 Å². The standard InChI is InChI=1S/C9H16O/c1-3-4-7(2)9(10)8-5-6-8/h3,7-10H,1,4-6H2,2H3/t7-,9+/m0/s1. The zero-order chi connectivity index (χ0) is 7.56. The highest BCUT2D eigenvalue weighted by Gasteiger charge is 2.32. The monoisotopic (exact) mass is 140 g/mol. The Hall–Kier alpha value is -0.300. The summed E-state index contributed by atoms with van der Waals surface area (Å²) in [5, 5.41) is 9.54. The molecule has 1 rings (SSSR count). The molecule has 0 aliphatic heterocycles. The quantitative estimate of drug-likeness (QED) is 0.592. The number of aliphatic hydroxyl groups excluding tert-OH is 1. The molecule has 0 aromatic heterocycles. The first-order valence-corrected chi connectivity index (χ1v) is 4.04. The van der Waals surface area contributed by atoms with Crippen molar-refractivity contribution in [3.63, 3.8) is 0 Å². The molecule has 0 heterocycles. The molecular formula is C9H16O. The molecule has 0 aromatic carbocycles. The molecule has 0 spiro atoms. The highest BCUT2D eigenvalue weighted by atomic mass is 16.3. The Morgan fingerprint density at radius 2 is 2.30 bits per heavy atom. The van der Waals surface area contributed by atoms with Gasteiger partial charge >= 0.3 is 0 Å². The molecular weight excluding hydrogens is 124 g/mol. The first-order chi connectivity index (χ1) is 4.75. The number of rotatable bonds is 4. The highest BCUT2D eigenvalue weighted by Crippen LogP contribution is 2.36. The van der Waals surface area contributed by atoms with E-state index in [2.05, 4.69) is 13.5 Å². The largest absolute Gasteiger partial charge is 0.393 e. The van der Waals surface area contributed by atoms with Gasteiger partial charge in [0.2, 0.25) is 0 Å². The van der Waals surface area contributed by atoms with Crippen LogP contribution in [0, 0.1) is 11.8 Å². The van der Waals surface area contributed by atoms with Crippen molar-refractivity contribution in [2.24, 2.45) is 11.8 Å². The maximum absolute atomic E-state index is 9.54. The van der Waals surface area contributed by atoms with Crippen LogP contribution in [-0.4, -0.2) is 11.2 Å². The minimum Gasteiger partial charge on any atom is -0.393 e. The molecule has 0 saturated heterocycles. The average molecular weight is 140 g/mol. The van der Waals surface area contributed by atoms with Gasteiger partial charge in [0.25, 0.3) is 0 Å². The third kappa shape index (κ3) is 1.84. The summed E-state index contributed by atoms with van der Waals surface area (Å²) in [5.41, 5.74) is 0. The molecule has 0 radical (unpaired) electrons. The maximum atomic E-state index is 9.54. The molecule has 1 nitrogen and oxygen atoms in total. The van der Waals surface area contributed by atoms with E-state index in [4.69, 9.17) is 0 Å². The molecule has 0 amide bonds. The van der Waals surface area contributed by atoms with E-state index in [1.807, 2.05) is 6.08 Å². The van der Waals surface area contributed by atoms with Crippen LogP contribution in [0.1, 0.15) is 26.2 Å². The van der Waals surface area contributed by atoms with Crippen LogP contribution in [0.25, 0.3) is 0 Å². The smallest absolute Gasteiger partial charge is 0.0596 e. The van der Waals surface area contributed by atoms with Gasteiger partial charge in [0.05, 0.1) is 6.10 Å². The first-order valence-electron chi connectivity index (χ1n) is 4.04. The van der Waals surface area contributed by atoms with Gasteiger partial charge in [-0.25, -0.2) is 0 Å². The second-order valence-electron chi connectivity index (χ2n) is 3.33. The van der Waals surface area contributed by atoms with Crippen molar-refractivity contribution < 1.29 is 5.11 Å². The summed E-state index contributed by atoms with van der Waals surface area (Å²) in [6.07, 6.45) is 5.21. The van der Waals surface area contributed by atoms with Gasteiger partial charge in [-0.05, 0) is 31.1 Å². The van der Waals surface area contributed by atoms with Gasteiger partial charge < -0.3 is 5.11 Å². The summed E-state index contributed by atoms with van der Waals surface area (Å²) in [5.74, 6) is 1.01. The van der Waals surface area contributed by atoms with Crippen LogP contribution in [-0.2, 0) is 0 Å². The predicted molar refractivity (Wildman–Crippen MR) is 42.7 cm³/mol. The Labute approximate surface area is 62.8 Å². The summed E-state index contributed by atoms with van der Waals surface area (Å²) >= 11 is 0. The van der Waals surface area contributed by atoms with Gasteiger partial charge in [0.1, 0.15) is 0 Å². The van der Waals surface area contributed by atoms with Gasteiger partial charge in [-0.2, -0.15) is 0 Å². The molecule has 1 heteroatoms. The molecule has 2 atom stereocenters. The van der Waals surface area contributed by atoms with Crippen molar-refractivity contribution in [3.8, 4) is 0 Å². The molecule has 58 valence electrons. The van der Waals surface area contributed by atoms with E-state index in [-0.39, 0.29) is 6.10 Å². The molecule has 0 bridgehead atoms. The highest BCUT2D eigenvalue weighted by molar-refractivity contribution is 4.86. The van der Waals surface area contributed by atoms with E-state index in [0.29, 0.717) is 11.8 Å². The maximum Gasteiger partial charge on any atom is 0.0596 e. The Kier molecular flexibility index (Phi) is 2.50. The van der Waals surface area contributed by atoms with Crippen LogP contribution in [0.4, 0.5) is 0 Å². The minimum absolute atomic E-state index is 0.0713. The van der Waals surface area contributed by atoms with Crippen LogP contribution in [0.2, 0.25) is 0 Å². The number of hydrogen-bond acceptors (Lipinski definition) is 1. The van der Waals surface area contributed by atoms with Crippen LogP contribution in [0.5, 0.6) is 0 Å². The molecule has 0 aromatic rings. The van der Waals surface area contributed by atoms with Crippen molar-refractivity contribution in [1.82, 2.24) is 0 Å². The van der Waals surface area contributed by atoms with Crippen molar-refractivity contribution in [1.29, 1.82) is 0 Å². The van der Waals surface area contributed by atoms with Crippen molar-refractivity contribution in [2.75, 3.05) is 0 Å².